The highest BCUT2D eigenvalue weighted by Gasteiger charge is 2.34. The second-order valence-corrected chi connectivity index (χ2v) is 11.6. The van der Waals surface area contributed by atoms with Crippen molar-refractivity contribution in [2.24, 2.45) is 11.8 Å². The van der Waals surface area contributed by atoms with Gasteiger partial charge < -0.3 is 10.2 Å². The average Bonchev–Trinajstić information content (AvgIpc) is 3.15. The molecule has 1 aromatic rings. The van der Waals surface area contributed by atoms with Gasteiger partial charge >= 0.3 is 0 Å². The number of sulfonamides is 1. The Labute approximate surface area is 177 Å². The SMILES string of the molecule is Cc1ccc(S(=O)(=O)N2CCCC(C(=O)NCCC(=O)N3CCCC(C)C3)C2)s1. The van der Waals surface area contributed by atoms with Crippen LogP contribution in [0.15, 0.2) is 16.3 Å². The first-order valence-electron chi connectivity index (χ1n) is 10.4. The summed E-state index contributed by atoms with van der Waals surface area (Å²) in [6.45, 7) is 6.57. The zero-order valence-corrected chi connectivity index (χ0v) is 18.9. The van der Waals surface area contributed by atoms with E-state index in [4.69, 9.17) is 0 Å². The molecule has 9 heteroatoms. The molecule has 0 aromatic carbocycles. The van der Waals surface area contributed by atoms with Gasteiger partial charge in [-0.3, -0.25) is 9.59 Å². The molecule has 2 saturated heterocycles. The van der Waals surface area contributed by atoms with Crippen LogP contribution in [0.25, 0.3) is 0 Å². The maximum Gasteiger partial charge on any atom is 0.252 e. The summed E-state index contributed by atoms with van der Waals surface area (Å²) in [7, 11) is -3.55. The van der Waals surface area contributed by atoms with Gasteiger partial charge in [0.2, 0.25) is 11.8 Å². The number of nitrogens with zero attached hydrogens (tertiary/aromatic N) is 2. The summed E-state index contributed by atoms with van der Waals surface area (Å²) in [4.78, 5) is 27.7. The van der Waals surface area contributed by atoms with Gasteiger partial charge in [0, 0.05) is 44.0 Å². The standard InChI is InChI=1S/C20H31N3O4S2/c1-15-5-3-11-22(13-15)18(24)9-10-21-20(25)17-6-4-12-23(14-17)29(26,27)19-8-7-16(2)28-19/h7-8,15,17H,3-6,9-14H2,1-2H3,(H,21,25). The maximum absolute atomic E-state index is 12.8. The topological polar surface area (TPSA) is 86.8 Å². The van der Waals surface area contributed by atoms with Crippen molar-refractivity contribution in [2.45, 2.75) is 50.2 Å². The first kappa shape index (κ1) is 22.2. The van der Waals surface area contributed by atoms with Crippen molar-refractivity contribution in [3.8, 4) is 0 Å². The summed E-state index contributed by atoms with van der Waals surface area (Å²) in [5.74, 6) is 0.0825. The van der Waals surface area contributed by atoms with Gasteiger partial charge in [-0.2, -0.15) is 4.31 Å². The molecule has 2 amide bonds. The van der Waals surface area contributed by atoms with Crippen LogP contribution >= 0.6 is 11.3 Å². The number of carbonyl (C=O) groups is 2. The van der Waals surface area contributed by atoms with E-state index in [9.17, 15) is 18.0 Å². The predicted octanol–water partition coefficient (Wildman–Crippen LogP) is 2.22. The second kappa shape index (κ2) is 9.57. The number of rotatable bonds is 6. The van der Waals surface area contributed by atoms with Crippen molar-refractivity contribution in [1.82, 2.24) is 14.5 Å². The largest absolute Gasteiger partial charge is 0.355 e. The number of carbonyl (C=O) groups excluding carboxylic acids is 2. The van der Waals surface area contributed by atoms with Gasteiger partial charge in [0.1, 0.15) is 4.21 Å². The molecule has 162 valence electrons. The van der Waals surface area contributed by atoms with E-state index in [1.54, 1.807) is 12.1 Å². The summed E-state index contributed by atoms with van der Waals surface area (Å²) in [6.07, 6.45) is 3.81. The van der Waals surface area contributed by atoms with Crippen LogP contribution in [0.3, 0.4) is 0 Å². The van der Waals surface area contributed by atoms with Gasteiger partial charge in [-0.1, -0.05) is 6.92 Å². The molecular formula is C20H31N3O4S2. The van der Waals surface area contributed by atoms with Gasteiger partial charge in [-0.15, -0.1) is 11.3 Å². The van der Waals surface area contributed by atoms with Crippen molar-refractivity contribution in [1.29, 1.82) is 0 Å². The summed E-state index contributed by atoms with van der Waals surface area (Å²) < 4.78 is 27.4. The monoisotopic (exact) mass is 441 g/mol. The number of aryl methyl sites for hydroxylation is 1. The van der Waals surface area contributed by atoms with Crippen molar-refractivity contribution >= 4 is 33.2 Å². The molecule has 1 N–H and O–H groups in total. The molecule has 3 heterocycles. The Bertz CT molecular complexity index is 837. The van der Waals surface area contributed by atoms with Gasteiger partial charge in [0.15, 0.2) is 0 Å². The third-order valence-corrected chi connectivity index (χ3v) is 9.05. The summed E-state index contributed by atoms with van der Waals surface area (Å²) >= 11 is 1.26. The molecule has 2 unspecified atom stereocenters. The minimum absolute atomic E-state index is 0.0813. The molecule has 7 nitrogen and oxygen atoms in total. The van der Waals surface area contributed by atoms with Crippen LogP contribution in [0.1, 0.15) is 43.9 Å². The van der Waals surface area contributed by atoms with Gasteiger partial charge in [0.25, 0.3) is 10.0 Å². The van der Waals surface area contributed by atoms with Crippen molar-refractivity contribution in [2.75, 3.05) is 32.7 Å². The molecule has 2 aliphatic heterocycles. The fraction of sp³-hybridized carbons (Fsp3) is 0.700. The summed E-state index contributed by atoms with van der Waals surface area (Å²) in [6, 6.07) is 3.43. The lowest BCUT2D eigenvalue weighted by molar-refractivity contribution is -0.133. The highest BCUT2D eigenvalue weighted by Crippen LogP contribution is 2.28. The summed E-state index contributed by atoms with van der Waals surface area (Å²) in [5, 5.41) is 2.84. The quantitative estimate of drug-likeness (QED) is 0.733. The molecule has 0 aliphatic carbocycles. The average molecular weight is 442 g/mol. The first-order chi connectivity index (χ1) is 13.8. The van der Waals surface area contributed by atoms with Crippen LogP contribution < -0.4 is 5.32 Å². The fourth-order valence-corrected chi connectivity index (χ4v) is 7.03. The van der Waals surface area contributed by atoms with Crippen LogP contribution in [-0.4, -0.2) is 62.2 Å². The minimum Gasteiger partial charge on any atom is -0.355 e. The van der Waals surface area contributed by atoms with E-state index >= 15 is 0 Å². The zero-order valence-electron chi connectivity index (χ0n) is 17.2. The van der Waals surface area contributed by atoms with Gasteiger partial charge in [0.05, 0.1) is 5.92 Å². The van der Waals surface area contributed by atoms with E-state index in [0.29, 0.717) is 42.5 Å². The van der Waals surface area contributed by atoms with Crippen molar-refractivity contribution < 1.29 is 18.0 Å². The molecule has 0 radical (unpaired) electrons. The van der Waals surface area contributed by atoms with Crippen LogP contribution in [0.5, 0.6) is 0 Å². The Morgan fingerprint density at radius 1 is 1.17 bits per heavy atom. The van der Waals surface area contributed by atoms with Gasteiger partial charge in [-0.25, -0.2) is 8.42 Å². The highest BCUT2D eigenvalue weighted by molar-refractivity contribution is 7.91. The van der Waals surface area contributed by atoms with E-state index < -0.39 is 10.0 Å². The van der Waals surface area contributed by atoms with E-state index in [2.05, 4.69) is 12.2 Å². The molecule has 1 aromatic heterocycles. The van der Waals surface area contributed by atoms with Crippen LogP contribution in [-0.2, 0) is 19.6 Å². The molecule has 0 bridgehead atoms. The van der Waals surface area contributed by atoms with E-state index in [-0.39, 0.29) is 24.3 Å². The van der Waals surface area contributed by atoms with Crippen molar-refractivity contribution in [3.63, 3.8) is 0 Å². The Balaban J connectivity index is 1.49. The smallest absolute Gasteiger partial charge is 0.252 e. The Kier molecular flexibility index (Phi) is 7.34. The Hall–Kier alpha value is -1.45. The number of hydrogen-bond acceptors (Lipinski definition) is 5. The fourth-order valence-electron chi connectivity index (χ4n) is 4.06. The lowest BCUT2D eigenvalue weighted by Gasteiger charge is -2.32. The third-order valence-electron chi connectivity index (χ3n) is 5.71. The molecular weight excluding hydrogens is 410 g/mol. The molecule has 2 aliphatic rings. The number of thiophene rings is 1. The lowest BCUT2D eigenvalue weighted by atomic mass is 9.98. The zero-order chi connectivity index (χ0) is 21.0. The minimum atomic E-state index is -3.55. The van der Waals surface area contributed by atoms with Crippen LogP contribution in [0.2, 0.25) is 0 Å². The maximum atomic E-state index is 12.8. The second-order valence-electron chi connectivity index (χ2n) is 8.20. The van der Waals surface area contributed by atoms with Crippen molar-refractivity contribution in [3.05, 3.63) is 17.0 Å². The van der Waals surface area contributed by atoms with E-state index in [1.807, 2.05) is 11.8 Å². The number of piperidine rings is 2. The van der Waals surface area contributed by atoms with Crippen LogP contribution in [0, 0.1) is 18.8 Å². The van der Waals surface area contributed by atoms with Crippen LogP contribution in [0.4, 0.5) is 0 Å². The first-order valence-corrected chi connectivity index (χ1v) is 12.6. The Morgan fingerprint density at radius 3 is 2.62 bits per heavy atom. The van der Waals surface area contributed by atoms with Gasteiger partial charge in [-0.05, 0) is 50.7 Å². The highest BCUT2D eigenvalue weighted by atomic mass is 32.2. The van der Waals surface area contributed by atoms with E-state index in [1.165, 1.54) is 15.6 Å². The number of likely N-dealkylation sites (tertiary alicyclic amines) is 1. The normalized spacial score (nSPS) is 23.7. The molecule has 2 fully saturated rings. The molecule has 3 rings (SSSR count). The number of amides is 2. The predicted molar refractivity (Wildman–Crippen MR) is 113 cm³/mol. The molecule has 2 atom stereocenters. The Morgan fingerprint density at radius 2 is 1.93 bits per heavy atom. The molecule has 0 spiro atoms. The number of hydrogen-bond donors (Lipinski definition) is 1. The lowest BCUT2D eigenvalue weighted by Crippen LogP contribution is -2.46. The molecule has 0 saturated carbocycles. The number of nitrogens with one attached hydrogen (secondary N) is 1. The third kappa shape index (κ3) is 5.58. The summed E-state index contributed by atoms with van der Waals surface area (Å²) in [5.41, 5.74) is 0. The van der Waals surface area contributed by atoms with E-state index in [0.717, 1.165) is 30.8 Å². The molecule has 29 heavy (non-hydrogen) atoms.